The van der Waals surface area contributed by atoms with Gasteiger partial charge in [-0.2, -0.15) is 0 Å². The number of nitrogens with one attached hydrogen (secondary N) is 1. The van der Waals surface area contributed by atoms with Crippen LogP contribution in [0.2, 0.25) is 5.02 Å². The molecule has 0 spiro atoms. The lowest BCUT2D eigenvalue weighted by atomic mass is 9.92. The second kappa shape index (κ2) is 7.13. The number of rotatable bonds is 3. The summed E-state index contributed by atoms with van der Waals surface area (Å²) < 4.78 is 2.01. The number of amides is 2. The van der Waals surface area contributed by atoms with Gasteiger partial charge in [-0.05, 0) is 61.9 Å². The van der Waals surface area contributed by atoms with Crippen LogP contribution in [0.1, 0.15) is 48.7 Å². The Morgan fingerprint density at radius 1 is 1.27 bits per heavy atom. The number of nitrogens with zero attached hydrogens (tertiary/aromatic N) is 2. The van der Waals surface area contributed by atoms with Crippen molar-refractivity contribution in [1.29, 1.82) is 0 Å². The third-order valence-electron chi connectivity index (χ3n) is 6.54. The first-order chi connectivity index (χ1) is 14.4. The summed E-state index contributed by atoms with van der Waals surface area (Å²) in [5.74, 6) is -0.273. The fourth-order valence-electron chi connectivity index (χ4n) is 4.82. The Bertz CT molecular complexity index is 1160. The lowest BCUT2D eigenvalue weighted by molar-refractivity contribution is -0.127. The second-order valence-electron chi connectivity index (χ2n) is 8.55. The monoisotopic (exact) mass is 441 g/mol. The number of aromatic nitrogens is 1. The molecule has 156 valence electrons. The molecule has 0 saturated heterocycles. The summed E-state index contributed by atoms with van der Waals surface area (Å²) in [6.07, 6.45) is 4.26. The zero-order chi connectivity index (χ0) is 21.0. The fourth-order valence-corrected chi connectivity index (χ4v) is 5.89. The summed E-state index contributed by atoms with van der Waals surface area (Å²) in [7, 11) is 0. The summed E-state index contributed by atoms with van der Waals surface area (Å²) in [5, 5.41) is 6.87. The van der Waals surface area contributed by atoms with E-state index < -0.39 is 5.54 Å². The van der Waals surface area contributed by atoms with Gasteiger partial charge < -0.3 is 9.88 Å². The van der Waals surface area contributed by atoms with Gasteiger partial charge >= 0.3 is 0 Å². The average molecular weight is 442 g/mol. The van der Waals surface area contributed by atoms with Crippen LogP contribution in [0, 0.1) is 6.92 Å². The highest BCUT2D eigenvalue weighted by molar-refractivity contribution is 7.16. The number of fused-ring (bicyclic) bond motifs is 3. The van der Waals surface area contributed by atoms with Crippen LogP contribution in [0.4, 0.5) is 5.69 Å². The molecule has 3 aromatic rings. The van der Waals surface area contributed by atoms with Gasteiger partial charge in [0, 0.05) is 22.1 Å². The van der Waals surface area contributed by atoms with Crippen LogP contribution in [0.3, 0.4) is 0 Å². The van der Waals surface area contributed by atoms with E-state index in [-0.39, 0.29) is 17.9 Å². The standard InChI is InChI=1S/C23H24ClN3O2S/c1-14-17(24)8-5-9-18(14)27-20(28)19-12-15-10-11-30-21(15)26(19)13-23(27,2)22(29)25-16-6-3-4-7-16/h5,8-12,16H,3-4,6-7,13H2,1-2H3,(H,25,29). The van der Waals surface area contributed by atoms with Crippen molar-refractivity contribution < 1.29 is 9.59 Å². The normalized spacial score (nSPS) is 22.0. The molecule has 1 unspecified atom stereocenters. The van der Waals surface area contributed by atoms with Crippen molar-refractivity contribution in [3.63, 3.8) is 0 Å². The quantitative estimate of drug-likeness (QED) is 0.611. The topological polar surface area (TPSA) is 54.3 Å². The Morgan fingerprint density at radius 2 is 2.03 bits per heavy atom. The van der Waals surface area contributed by atoms with E-state index in [0.29, 0.717) is 22.9 Å². The van der Waals surface area contributed by atoms with Gasteiger partial charge in [-0.1, -0.05) is 30.5 Å². The van der Waals surface area contributed by atoms with Gasteiger partial charge in [-0.15, -0.1) is 11.3 Å². The molecule has 1 aromatic carbocycles. The Labute approximate surface area is 184 Å². The van der Waals surface area contributed by atoms with Gasteiger partial charge in [0.2, 0.25) is 5.91 Å². The molecular weight excluding hydrogens is 418 g/mol. The highest BCUT2D eigenvalue weighted by Crippen LogP contribution is 2.39. The van der Waals surface area contributed by atoms with Gasteiger partial charge in [0.15, 0.2) is 0 Å². The molecule has 5 rings (SSSR count). The molecule has 1 aliphatic carbocycles. The van der Waals surface area contributed by atoms with Crippen LogP contribution >= 0.6 is 22.9 Å². The molecule has 30 heavy (non-hydrogen) atoms. The van der Waals surface area contributed by atoms with Crippen molar-refractivity contribution in [2.24, 2.45) is 0 Å². The Kier molecular flexibility index (Phi) is 4.67. The van der Waals surface area contributed by atoms with E-state index in [2.05, 4.69) is 5.32 Å². The molecule has 1 fully saturated rings. The molecule has 7 heteroatoms. The predicted molar refractivity (Wildman–Crippen MR) is 122 cm³/mol. The Morgan fingerprint density at radius 3 is 2.80 bits per heavy atom. The van der Waals surface area contributed by atoms with E-state index in [1.165, 1.54) is 0 Å². The van der Waals surface area contributed by atoms with Crippen molar-refractivity contribution in [3.8, 4) is 0 Å². The Balaban J connectivity index is 1.66. The molecular formula is C23H24ClN3O2S. The lowest BCUT2D eigenvalue weighted by Crippen LogP contribution is -2.65. The predicted octanol–water partition coefficient (Wildman–Crippen LogP) is 5.14. The van der Waals surface area contributed by atoms with Crippen molar-refractivity contribution >= 4 is 50.7 Å². The number of hydrogen-bond acceptors (Lipinski definition) is 3. The maximum Gasteiger partial charge on any atom is 0.275 e. The third-order valence-corrected chi connectivity index (χ3v) is 7.90. The molecule has 1 N–H and O–H groups in total. The van der Waals surface area contributed by atoms with Gasteiger partial charge in [-0.25, -0.2) is 0 Å². The average Bonchev–Trinajstić information content (AvgIpc) is 3.44. The lowest BCUT2D eigenvalue weighted by Gasteiger charge is -2.45. The minimum absolute atomic E-state index is 0.105. The van der Waals surface area contributed by atoms with Crippen molar-refractivity contribution in [3.05, 3.63) is 52.0 Å². The first-order valence-electron chi connectivity index (χ1n) is 10.4. The molecule has 2 amide bonds. The van der Waals surface area contributed by atoms with Gasteiger partial charge in [0.05, 0.1) is 6.54 Å². The van der Waals surface area contributed by atoms with Gasteiger partial charge in [0.1, 0.15) is 16.1 Å². The maximum atomic E-state index is 13.8. The first kappa shape index (κ1) is 19.6. The number of hydrogen-bond donors (Lipinski definition) is 1. The minimum Gasteiger partial charge on any atom is -0.351 e. The summed E-state index contributed by atoms with van der Waals surface area (Å²) in [4.78, 5) is 30.1. The summed E-state index contributed by atoms with van der Waals surface area (Å²) in [5.41, 5.74) is 1.04. The third kappa shape index (κ3) is 2.88. The van der Waals surface area contributed by atoms with E-state index in [4.69, 9.17) is 11.6 Å². The van der Waals surface area contributed by atoms with E-state index in [9.17, 15) is 9.59 Å². The summed E-state index contributed by atoms with van der Waals surface area (Å²) >= 11 is 7.99. The molecule has 1 saturated carbocycles. The molecule has 0 radical (unpaired) electrons. The van der Waals surface area contributed by atoms with E-state index >= 15 is 0 Å². The smallest absolute Gasteiger partial charge is 0.275 e. The number of benzene rings is 1. The summed E-state index contributed by atoms with van der Waals surface area (Å²) in [6.45, 7) is 4.17. The SMILES string of the molecule is Cc1c(Cl)cccc1N1C(=O)c2cc3ccsc3n2CC1(C)C(=O)NC1CCCC1. The van der Waals surface area contributed by atoms with Crippen LogP contribution in [0.5, 0.6) is 0 Å². The van der Waals surface area contributed by atoms with Crippen LogP contribution < -0.4 is 10.2 Å². The van der Waals surface area contributed by atoms with E-state index in [0.717, 1.165) is 41.5 Å². The van der Waals surface area contributed by atoms with E-state index in [1.54, 1.807) is 16.2 Å². The van der Waals surface area contributed by atoms with Crippen molar-refractivity contribution in [2.45, 2.75) is 57.7 Å². The number of carbonyl (C=O) groups excluding carboxylic acids is 2. The zero-order valence-electron chi connectivity index (χ0n) is 17.1. The molecule has 0 bridgehead atoms. The van der Waals surface area contributed by atoms with Crippen LogP contribution in [0.25, 0.3) is 10.2 Å². The molecule has 5 nitrogen and oxygen atoms in total. The number of thiophene rings is 1. The molecule has 2 aromatic heterocycles. The van der Waals surface area contributed by atoms with Crippen LogP contribution in [-0.4, -0.2) is 28.0 Å². The van der Waals surface area contributed by atoms with Crippen molar-refractivity contribution in [2.75, 3.05) is 4.90 Å². The number of anilines is 1. The van der Waals surface area contributed by atoms with Gasteiger partial charge in [0.25, 0.3) is 5.91 Å². The minimum atomic E-state index is -1.06. The highest BCUT2D eigenvalue weighted by Gasteiger charge is 2.49. The first-order valence-corrected chi connectivity index (χ1v) is 11.6. The maximum absolute atomic E-state index is 13.8. The summed E-state index contributed by atoms with van der Waals surface area (Å²) in [6, 6.07) is 9.64. The molecule has 1 aliphatic heterocycles. The fraction of sp³-hybridized carbons (Fsp3) is 0.391. The van der Waals surface area contributed by atoms with Crippen LogP contribution in [-0.2, 0) is 11.3 Å². The molecule has 3 heterocycles. The zero-order valence-corrected chi connectivity index (χ0v) is 18.6. The molecule has 1 atom stereocenters. The highest BCUT2D eigenvalue weighted by atomic mass is 35.5. The van der Waals surface area contributed by atoms with Crippen LogP contribution in [0.15, 0.2) is 35.7 Å². The molecule has 2 aliphatic rings. The van der Waals surface area contributed by atoms with Gasteiger partial charge in [-0.3, -0.25) is 14.5 Å². The largest absolute Gasteiger partial charge is 0.351 e. The van der Waals surface area contributed by atoms with Crippen molar-refractivity contribution in [1.82, 2.24) is 9.88 Å². The number of carbonyl (C=O) groups is 2. The second-order valence-corrected chi connectivity index (χ2v) is 9.85. The van der Waals surface area contributed by atoms with E-state index in [1.807, 2.05) is 54.1 Å². The Hall–Kier alpha value is -2.31. The number of halogens is 1.